The summed E-state index contributed by atoms with van der Waals surface area (Å²) < 4.78 is 0. The Hall–Kier alpha value is -0.660. The summed E-state index contributed by atoms with van der Waals surface area (Å²) in [7, 11) is 0. The van der Waals surface area contributed by atoms with Crippen molar-refractivity contribution in [2.45, 2.75) is 46.0 Å². The van der Waals surface area contributed by atoms with Crippen LogP contribution in [0.25, 0.3) is 0 Å². The van der Waals surface area contributed by atoms with Gasteiger partial charge in [-0.15, -0.1) is 0 Å². The molecule has 1 fully saturated rings. The minimum absolute atomic E-state index is 0.0382. The molecule has 1 rings (SSSR count). The highest BCUT2D eigenvalue weighted by molar-refractivity contribution is 5.87. The van der Waals surface area contributed by atoms with E-state index in [1.54, 1.807) is 6.92 Å². The van der Waals surface area contributed by atoms with E-state index < -0.39 is 0 Å². The Bertz CT molecular complexity index is 208. The number of Topliss-reactive ketones (excluding diaryl/α,β-unsaturated/α-hetero) is 2. The van der Waals surface area contributed by atoms with Gasteiger partial charge in [-0.2, -0.15) is 0 Å². The Balaban J connectivity index is 2.62. The van der Waals surface area contributed by atoms with E-state index >= 15 is 0 Å². The molecule has 0 radical (unpaired) electrons. The molecule has 0 aliphatic heterocycles. The molecule has 0 heterocycles. The van der Waals surface area contributed by atoms with E-state index in [0.29, 0.717) is 24.5 Å². The lowest BCUT2D eigenvalue weighted by Crippen LogP contribution is -2.29. The summed E-state index contributed by atoms with van der Waals surface area (Å²) in [6, 6.07) is 0. The number of rotatable bonds is 3. The lowest BCUT2D eigenvalue weighted by molar-refractivity contribution is -0.131. The van der Waals surface area contributed by atoms with Crippen molar-refractivity contribution in [3.63, 3.8) is 0 Å². The third kappa shape index (κ3) is 2.64. The molecule has 0 N–H and O–H groups in total. The lowest BCUT2D eigenvalue weighted by Gasteiger charge is -2.28. The second kappa shape index (κ2) is 4.54. The number of ketones is 2. The maximum Gasteiger partial charge on any atom is 0.136 e. The summed E-state index contributed by atoms with van der Waals surface area (Å²) in [4.78, 5) is 22.5. The third-order valence-corrected chi connectivity index (χ3v) is 3.01. The van der Waals surface area contributed by atoms with Crippen LogP contribution < -0.4 is 0 Å². The van der Waals surface area contributed by atoms with E-state index in [9.17, 15) is 9.59 Å². The summed E-state index contributed by atoms with van der Waals surface area (Å²) in [5.74, 6) is 0.966. The zero-order chi connectivity index (χ0) is 9.84. The first-order valence-corrected chi connectivity index (χ1v) is 5.17. The molecule has 2 atom stereocenters. The Labute approximate surface area is 79.7 Å². The molecule has 0 aromatic carbocycles. The van der Waals surface area contributed by atoms with Crippen molar-refractivity contribution in [2.24, 2.45) is 11.8 Å². The van der Waals surface area contributed by atoms with Gasteiger partial charge in [0.1, 0.15) is 11.6 Å². The molecule has 2 heteroatoms. The van der Waals surface area contributed by atoms with Crippen LogP contribution in [0.5, 0.6) is 0 Å². The van der Waals surface area contributed by atoms with Crippen LogP contribution >= 0.6 is 0 Å². The summed E-state index contributed by atoms with van der Waals surface area (Å²) >= 11 is 0. The molecule has 0 aromatic heterocycles. The first-order chi connectivity index (χ1) is 6.15. The second-order valence-corrected chi connectivity index (χ2v) is 4.04. The van der Waals surface area contributed by atoms with Gasteiger partial charge in [-0.3, -0.25) is 4.79 Å². The smallest absolute Gasteiger partial charge is 0.136 e. The SMILES string of the molecule is CC[C@H]1CCCC(=O)[C@@H]1CC(C)=O. The van der Waals surface area contributed by atoms with Gasteiger partial charge in [-0.05, 0) is 25.7 Å². The summed E-state index contributed by atoms with van der Waals surface area (Å²) in [5, 5.41) is 0. The van der Waals surface area contributed by atoms with Gasteiger partial charge in [0.2, 0.25) is 0 Å². The van der Waals surface area contributed by atoms with Crippen LogP contribution in [0.2, 0.25) is 0 Å². The van der Waals surface area contributed by atoms with Gasteiger partial charge in [0.05, 0.1) is 0 Å². The quantitative estimate of drug-likeness (QED) is 0.671. The maximum absolute atomic E-state index is 11.5. The van der Waals surface area contributed by atoms with Crippen molar-refractivity contribution in [1.29, 1.82) is 0 Å². The fourth-order valence-corrected chi connectivity index (χ4v) is 2.27. The monoisotopic (exact) mass is 182 g/mol. The van der Waals surface area contributed by atoms with Gasteiger partial charge in [0, 0.05) is 18.8 Å². The molecule has 0 unspecified atom stereocenters. The van der Waals surface area contributed by atoms with Crippen molar-refractivity contribution in [3.8, 4) is 0 Å². The lowest BCUT2D eigenvalue weighted by atomic mass is 9.75. The maximum atomic E-state index is 11.5. The topological polar surface area (TPSA) is 34.1 Å². The molecule has 0 saturated heterocycles. The molecule has 0 amide bonds. The normalized spacial score (nSPS) is 28.9. The van der Waals surface area contributed by atoms with Crippen LogP contribution in [0.15, 0.2) is 0 Å². The first kappa shape index (κ1) is 10.4. The van der Waals surface area contributed by atoms with Crippen molar-refractivity contribution in [2.75, 3.05) is 0 Å². The van der Waals surface area contributed by atoms with Crippen LogP contribution in [0.3, 0.4) is 0 Å². The molecule has 0 bridgehead atoms. The molecule has 2 nitrogen and oxygen atoms in total. The van der Waals surface area contributed by atoms with Crippen LogP contribution in [0.1, 0.15) is 46.0 Å². The molecule has 13 heavy (non-hydrogen) atoms. The van der Waals surface area contributed by atoms with E-state index in [4.69, 9.17) is 0 Å². The average Bonchev–Trinajstić information content (AvgIpc) is 2.08. The van der Waals surface area contributed by atoms with Crippen molar-refractivity contribution >= 4 is 11.6 Å². The summed E-state index contributed by atoms with van der Waals surface area (Å²) in [6.07, 6.45) is 4.33. The Kier molecular flexibility index (Phi) is 3.64. The highest BCUT2D eigenvalue weighted by Crippen LogP contribution is 2.31. The zero-order valence-corrected chi connectivity index (χ0v) is 8.51. The largest absolute Gasteiger partial charge is 0.300 e. The molecule has 0 spiro atoms. The highest BCUT2D eigenvalue weighted by atomic mass is 16.1. The van der Waals surface area contributed by atoms with Crippen LogP contribution in [-0.2, 0) is 9.59 Å². The van der Waals surface area contributed by atoms with Gasteiger partial charge < -0.3 is 4.79 Å². The van der Waals surface area contributed by atoms with Crippen molar-refractivity contribution in [1.82, 2.24) is 0 Å². The van der Waals surface area contributed by atoms with E-state index in [1.165, 1.54) is 0 Å². The van der Waals surface area contributed by atoms with Gasteiger partial charge in [-0.25, -0.2) is 0 Å². The predicted octanol–water partition coefficient (Wildman–Crippen LogP) is 2.36. The Morgan fingerprint density at radius 1 is 1.54 bits per heavy atom. The predicted molar refractivity (Wildman–Crippen MR) is 51.4 cm³/mol. The molecule has 1 saturated carbocycles. The fraction of sp³-hybridized carbons (Fsp3) is 0.818. The second-order valence-electron chi connectivity index (χ2n) is 4.04. The summed E-state index contributed by atoms with van der Waals surface area (Å²) in [5.41, 5.74) is 0. The van der Waals surface area contributed by atoms with E-state index in [-0.39, 0.29) is 11.7 Å². The standard InChI is InChI=1S/C11H18O2/c1-3-9-5-4-6-11(13)10(9)7-8(2)12/h9-10H,3-7H2,1-2H3/t9-,10+/m0/s1. The number of hydrogen-bond donors (Lipinski definition) is 0. The van der Waals surface area contributed by atoms with Crippen LogP contribution in [0.4, 0.5) is 0 Å². The zero-order valence-electron chi connectivity index (χ0n) is 8.51. The van der Waals surface area contributed by atoms with Crippen molar-refractivity contribution in [3.05, 3.63) is 0 Å². The van der Waals surface area contributed by atoms with Gasteiger partial charge in [0.25, 0.3) is 0 Å². The highest BCUT2D eigenvalue weighted by Gasteiger charge is 2.31. The van der Waals surface area contributed by atoms with Gasteiger partial charge >= 0.3 is 0 Å². The molecule has 1 aliphatic carbocycles. The molecular weight excluding hydrogens is 164 g/mol. The molecule has 0 aromatic rings. The number of hydrogen-bond acceptors (Lipinski definition) is 2. The third-order valence-electron chi connectivity index (χ3n) is 3.01. The fourth-order valence-electron chi connectivity index (χ4n) is 2.27. The van der Waals surface area contributed by atoms with E-state index in [1.807, 2.05) is 0 Å². The average molecular weight is 182 g/mol. The van der Waals surface area contributed by atoms with Crippen molar-refractivity contribution < 1.29 is 9.59 Å². The minimum atomic E-state index is 0.0382. The van der Waals surface area contributed by atoms with Gasteiger partial charge in [0.15, 0.2) is 0 Å². The van der Waals surface area contributed by atoms with Crippen LogP contribution in [-0.4, -0.2) is 11.6 Å². The van der Waals surface area contributed by atoms with Gasteiger partial charge in [-0.1, -0.05) is 13.3 Å². The molecule has 74 valence electrons. The Morgan fingerprint density at radius 2 is 2.23 bits per heavy atom. The first-order valence-electron chi connectivity index (χ1n) is 5.17. The van der Waals surface area contributed by atoms with E-state index in [2.05, 4.69) is 6.92 Å². The number of carbonyl (C=O) groups excluding carboxylic acids is 2. The molecular formula is C11H18O2. The van der Waals surface area contributed by atoms with Crippen LogP contribution in [0, 0.1) is 11.8 Å². The number of carbonyl (C=O) groups is 2. The molecule has 1 aliphatic rings. The van der Waals surface area contributed by atoms with E-state index in [0.717, 1.165) is 19.3 Å². The summed E-state index contributed by atoms with van der Waals surface area (Å²) in [6.45, 7) is 3.69. The minimum Gasteiger partial charge on any atom is -0.300 e. The Morgan fingerprint density at radius 3 is 2.77 bits per heavy atom.